The first-order valence-corrected chi connectivity index (χ1v) is 9.70. The normalized spacial score (nSPS) is 10.9. The fourth-order valence-corrected chi connectivity index (χ4v) is 3.36. The van der Waals surface area contributed by atoms with E-state index in [-0.39, 0.29) is 18.0 Å². The van der Waals surface area contributed by atoms with Crippen LogP contribution in [0.25, 0.3) is 17.0 Å². The van der Waals surface area contributed by atoms with E-state index in [0.717, 1.165) is 22.7 Å². The summed E-state index contributed by atoms with van der Waals surface area (Å²) in [5, 5.41) is 2.87. The third-order valence-electron chi connectivity index (χ3n) is 4.79. The Morgan fingerprint density at radius 2 is 1.93 bits per heavy atom. The van der Waals surface area contributed by atoms with Crippen LogP contribution in [0.5, 0.6) is 0 Å². The molecule has 2 aromatic heterocycles. The summed E-state index contributed by atoms with van der Waals surface area (Å²) in [7, 11) is 0. The Labute approximate surface area is 173 Å². The number of amides is 1. The minimum atomic E-state index is -0.218. The number of rotatable bonds is 6. The molecule has 1 amide bonds. The summed E-state index contributed by atoms with van der Waals surface area (Å²) in [6.45, 7) is 3.73. The molecule has 0 bridgehead atoms. The largest absolute Gasteiger partial charge is 0.440 e. The predicted octanol–water partition coefficient (Wildman–Crippen LogP) is 4.01. The second-order valence-electron chi connectivity index (χ2n) is 7.06. The van der Waals surface area contributed by atoms with E-state index in [0.29, 0.717) is 23.7 Å². The molecule has 4 rings (SSSR count). The number of hydrogen-bond donors (Lipinski definition) is 2. The highest BCUT2D eigenvalue weighted by atomic mass is 16.4. The van der Waals surface area contributed by atoms with Gasteiger partial charge in [-0.25, -0.2) is 9.78 Å². The Kier molecular flexibility index (Phi) is 5.34. The second-order valence-corrected chi connectivity index (χ2v) is 7.06. The number of carbonyl (C=O) groups is 1. The van der Waals surface area contributed by atoms with Crippen molar-refractivity contribution in [3.05, 3.63) is 88.6 Å². The Morgan fingerprint density at radius 1 is 1.13 bits per heavy atom. The van der Waals surface area contributed by atoms with Gasteiger partial charge in [-0.2, -0.15) is 0 Å². The van der Waals surface area contributed by atoms with Gasteiger partial charge in [0.15, 0.2) is 11.7 Å². The van der Waals surface area contributed by atoms with E-state index in [1.54, 1.807) is 29.0 Å². The van der Waals surface area contributed by atoms with Gasteiger partial charge in [0.2, 0.25) is 5.91 Å². The van der Waals surface area contributed by atoms with Crippen LogP contribution in [0.1, 0.15) is 23.7 Å². The summed E-state index contributed by atoms with van der Waals surface area (Å²) in [4.78, 5) is 31.5. The summed E-state index contributed by atoms with van der Waals surface area (Å²) in [6.07, 6.45) is 2.28. The van der Waals surface area contributed by atoms with E-state index in [1.165, 1.54) is 0 Å². The molecule has 0 unspecified atom stereocenters. The first kappa shape index (κ1) is 19.4. The summed E-state index contributed by atoms with van der Waals surface area (Å²) < 4.78 is 7.41. The van der Waals surface area contributed by atoms with Gasteiger partial charge in [0.05, 0.1) is 11.4 Å². The maximum Gasteiger partial charge on any atom is 0.330 e. The molecule has 2 heterocycles. The number of carbonyl (C=O) groups excluding carboxylic acids is 1. The SMILES string of the molecule is Cc1nc(CCC(=O)Nc2cccc(-n3c(C)c[nH]c3=O)c2)oc1-c1ccccc1. The van der Waals surface area contributed by atoms with Gasteiger partial charge < -0.3 is 14.7 Å². The summed E-state index contributed by atoms with van der Waals surface area (Å²) in [5.41, 5.74) is 3.65. The van der Waals surface area contributed by atoms with Crippen molar-refractivity contribution in [2.24, 2.45) is 0 Å². The van der Waals surface area contributed by atoms with Crippen LogP contribution in [0.4, 0.5) is 5.69 Å². The van der Waals surface area contributed by atoms with Crippen LogP contribution in [0.2, 0.25) is 0 Å². The number of benzene rings is 2. The fourth-order valence-electron chi connectivity index (χ4n) is 3.36. The first-order valence-electron chi connectivity index (χ1n) is 9.70. The molecule has 0 fully saturated rings. The maximum atomic E-state index is 12.4. The third kappa shape index (κ3) is 4.10. The average molecular weight is 402 g/mol. The molecule has 7 heteroatoms. The number of aryl methyl sites for hydroxylation is 3. The van der Waals surface area contributed by atoms with Crippen molar-refractivity contribution in [2.45, 2.75) is 26.7 Å². The number of nitrogens with zero attached hydrogens (tertiary/aromatic N) is 2. The fraction of sp³-hybridized carbons (Fsp3) is 0.174. The van der Waals surface area contributed by atoms with E-state index in [1.807, 2.05) is 50.2 Å². The smallest absolute Gasteiger partial charge is 0.330 e. The molecular weight excluding hydrogens is 380 g/mol. The predicted molar refractivity (Wildman–Crippen MR) is 115 cm³/mol. The van der Waals surface area contributed by atoms with Crippen molar-refractivity contribution in [3.8, 4) is 17.0 Å². The van der Waals surface area contributed by atoms with Gasteiger partial charge in [-0.1, -0.05) is 36.4 Å². The van der Waals surface area contributed by atoms with Gasteiger partial charge in [0.1, 0.15) is 0 Å². The molecule has 0 aliphatic heterocycles. The lowest BCUT2D eigenvalue weighted by Gasteiger charge is -2.08. The number of hydrogen-bond acceptors (Lipinski definition) is 4. The van der Waals surface area contributed by atoms with Crippen molar-refractivity contribution < 1.29 is 9.21 Å². The zero-order valence-corrected chi connectivity index (χ0v) is 16.8. The van der Waals surface area contributed by atoms with Crippen molar-refractivity contribution >= 4 is 11.6 Å². The maximum absolute atomic E-state index is 12.4. The van der Waals surface area contributed by atoms with Gasteiger partial charge in [0.25, 0.3) is 0 Å². The molecule has 30 heavy (non-hydrogen) atoms. The highest BCUT2D eigenvalue weighted by molar-refractivity contribution is 5.91. The van der Waals surface area contributed by atoms with E-state index >= 15 is 0 Å². The van der Waals surface area contributed by atoms with Crippen molar-refractivity contribution in [3.63, 3.8) is 0 Å². The molecule has 0 saturated heterocycles. The molecule has 0 spiro atoms. The summed E-state index contributed by atoms with van der Waals surface area (Å²) in [6, 6.07) is 16.9. The van der Waals surface area contributed by atoms with E-state index < -0.39 is 0 Å². The zero-order chi connectivity index (χ0) is 21.1. The molecule has 2 aromatic carbocycles. The van der Waals surface area contributed by atoms with Gasteiger partial charge in [-0.15, -0.1) is 0 Å². The van der Waals surface area contributed by atoms with Crippen LogP contribution in [-0.2, 0) is 11.2 Å². The zero-order valence-electron chi connectivity index (χ0n) is 16.8. The number of aromatic nitrogens is 3. The van der Waals surface area contributed by atoms with E-state index in [4.69, 9.17) is 4.42 Å². The minimum absolute atomic E-state index is 0.151. The van der Waals surface area contributed by atoms with Crippen LogP contribution in [0.15, 0.2) is 70.0 Å². The molecule has 0 saturated carbocycles. The van der Waals surface area contributed by atoms with Crippen LogP contribution in [0, 0.1) is 13.8 Å². The Morgan fingerprint density at radius 3 is 2.67 bits per heavy atom. The summed E-state index contributed by atoms with van der Waals surface area (Å²) in [5.74, 6) is 1.11. The van der Waals surface area contributed by atoms with E-state index in [9.17, 15) is 9.59 Å². The number of imidazole rings is 1. The Hall–Kier alpha value is -3.87. The van der Waals surface area contributed by atoms with Crippen LogP contribution >= 0.6 is 0 Å². The first-order chi connectivity index (χ1) is 14.5. The number of nitrogens with one attached hydrogen (secondary N) is 2. The molecule has 4 aromatic rings. The second kappa shape index (κ2) is 8.24. The lowest BCUT2D eigenvalue weighted by Crippen LogP contribution is -2.17. The molecule has 0 radical (unpaired) electrons. The lowest BCUT2D eigenvalue weighted by molar-refractivity contribution is -0.116. The van der Waals surface area contributed by atoms with Crippen LogP contribution in [-0.4, -0.2) is 20.4 Å². The molecule has 7 nitrogen and oxygen atoms in total. The Balaban J connectivity index is 1.42. The van der Waals surface area contributed by atoms with E-state index in [2.05, 4.69) is 15.3 Å². The number of oxazole rings is 1. The van der Waals surface area contributed by atoms with Gasteiger partial charge in [-0.05, 0) is 32.0 Å². The van der Waals surface area contributed by atoms with Crippen LogP contribution in [0.3, 0.4) is 0 Å². The molecule has 2 N–H and O–H groups in total. The van der Waals surface area contributed by atoms with Gasteiger partial charge in [-0.3, -0.25) is 9.36 Å². The molecule has 152 valence electrons. The topological polar surface area (TPSA) is 92.9 Å². The molecule has 0 atom stereocenters. The van der Waals surface area contributed by atoms with Crippen molar-refractivity contribution in [1.82, 2.24) is 14.5 Å². The number of H-pyrrole nitrogens is 1. The molecular formula is C23H22N4O3. The summed E-state index contributed by atoms with van der Waals surface area (Å²) >= 11 is 0. The van der Waals surface area contributed by atoms with Crippen LogP contribution < -0.4 is 11.0 Å². The molecule has 0 aliphatic carbocycles. The third-order valence-corrected chi connectivity index (χ3v) is 4.79. The number of anilines is 1. The van der Waals surface area contributed by atoms with Gasteiger partial charge >= 0.3 is 5.69 Å². The standard InChI is InChI=1S/C23H22N4O3/c1-15-14-24-23(29)27(15)19-10-6-9-18(13-19)26-20(28)11-12-21-25-16(2)22(30-21)17-7-4-3-5-8-17/h3-10,13-14H,11-12H2,1-2H3,(H,24,29)(H,26,28). The lowest BCUT2D eigenvalue weighted by atomic mass is 10.1. The van der Waals surface area contributed by atoms with Gasteiger partial charge in [0, 0.05) is 36.0 Å². The quantitative estimate of drug-likeness (QED) is 0.510. The highest BCUT2D eigenvalue weighted by Crippen LogP contribution is 2.24. The van der Waals surface area contributed by atoms with Crippen molar-refractivity contribution in [1.29, 1.82) is 0 Å². The monoisotopic (exact) mass is 402 g/mol. The average Bonchev–Trinajstić information content (AvgIpc) is 3.28. The Bertz CT molecular complexity index is 1230. The highest BCUT2D eigenvalue weighted by Gasteiger charge is 2.13. The minimum Gasteiger partial charge on any atom is -0.440 e. The number of aromatic amines is 1. The molecule has 0 aliphatic rings. The van der Waals surface area contributed by atoms with Crippen molar-refractivity contribution in [2.75, 3.05) is 5.32 Å².